The Bertz CT molecular complexity index is 469. The van der Waals surface area contributed by atoms with Crippen molar-refractivity contribution in [3.05, 3.63) is 34.9 Å². The van der Waals surface area contributed by atoms with Crippen molar-refractivity contribution in [3.63, 3.8) is 0 Å². The van der Waals surface area contributed by atoms with Gasteiger partial charge in [0, 0.05) is 31.7 Å². The van der Waals surface area contributed by atoms with Crippen molar-refractivity contribution >= 4 is 17.6 Å². The zero-order valence-corrected chi connectivity index (χ0v) is 14.5. The average molecular weight is 311 g/mol. The first kappa shape index (κ1) is 17.8. The molecule has 0 aromatic heterocycles. The number of nitrogens with one attached hydrogen (secondary N) is 2. The van der Waals surface area contributed by atoms with E-state index in [0.717, 1.165) is 29.6 Å². The van der Waals surface area contributed by atoms with E-state index in [1.165, 1.54) is 0 Å². The minimum Gasteiger partial charge on any atom is -0.356 e. The number of nitrogens with zero attached hydrogens (tertiary/aromatic N) is 2. The fourth-order valence-electron chi connectivity index (χ4n) is 2.29. The molecule has 0 atom stereocenters. The lowest BCUT2D eigenvalue weighted by molar-refractivity contribution is 0.241. The predicted octanol–water partition coefficient (Wildman–Crippen LogP) is 2.59. The van der Waals surface area contributed by atoms with E-state index < -0.39 is 0 Å². The van der Waals surface area contributed by atoms with Crippen molar-refractivity contribution in [2.24, 2.45) is 10.4 Å². The molecule has 4 nitrogen and oxygen atoms in total. The molecule has 1 aromatic rings. The fraction of sp³-hybridized carbons (Fsp3) is 0.562. The van der Waals surface area contributed by atoms with E-state index in [-0.39, 0.29) is 5.41 Å². The minimum absolute atomic E-state index is 0.178. The standard InChI is InChI=1S/C16H27ClN4/c1-16(2,12-21(4)5)11-20-15(18-3)19-10-13-7-6-8-14(17)9-13/h6-9H,10-12H2,1-5H3,(H2,18,19,20). The monoisotopic (exact) mass is 310 g/mol. The summed E-state index contributed by atoms with van der Waals surface area (Å²) in [7, 11) is 5.97. The highest BCUT2D eigenvalue weighted by atomic mass is 35.5. The fourth-order valence-corrected chi connectivity index (χ4v) is 2.50. The van der Waals surface area contributed by atoms with Crippen molar-refractivity contribution in [3.8, 4) is 0 Å². The Morgan fingerprint density at radius 1 is 1.29 bits per heavy atom. The van der Waals surface area contributed by atoms with Gasteiger partial charge in [-0.25, -0.2) is 0 Å². The Balaban J connectivity index is 2.46. The van der Waals surface area contributed by atoms with E-state index in [0.29, 0.717) is 6.54 Å². The van der Waals surface area contributed by atoms with Crippen molar-refractivity contribution < 1.29 is 0 Å². The molecule has 21 heavy (non-hydrogen) atoms. The molecule has 118 valence electrons. The van der Waals surface area contributed by atoms with Crippen molar-refractivity contribution in [2.45, 2.75) is 20.4 Å². The molecule has 0 aliphatic heterocycles. The minimum atomic E-state index is 0.178. The maximum Gasteiger partial charge on any atom is 0.191 e. The molecule has 5 heteroatoms. The third-order valence-corrected chi connectivity index (χ3v) is 3.29. The third-order valence-electron chi connectivity index (χ3n) is 3.05. The number of guanidine groups is 1. The Morgan fingerprint density at radius 3 is 2.57 bits per heavy atom. The summed E-state index contributed by atoms with van der Waals surface area (Å²) in [6.07, 6.45) is 0. The van der Waals surface area contributed by atoms with Gasteiger partial charge in [0.2, 0.25) is 0 Å². The summed E-state index contributed by atoms with van der Waals surface area (Å²) in [6.45, 7) is 7.06. The molecule has 2 N–H and O–H groups in total. The lowest BCUT2D eigenvalue weighted by atomic mass is 9.93. The zero-order valence-electron chi connectivity index (χ0n) is 13.7. The lowest BCUT2D eigenvalue weighted by Crippen LogP contribution is -2.44. The number of rotatable bonds is 6. The van der Waals surface area contributed by atoms with Crippen LogP contribution in [0.4, 0.5) is 0 Å². The second-order valence-corrected chi connectivity index (χ2v) is 6.75. The van der Waals surface area contributed by atoms with Crippen LogP contribution in [0.5, 0.6) is 0 Å². The largest absolute Gasteiger partial charge is 0.356 e. The van der Waals surface area contributed by atoms with Crippen molar-refractivity contribution in [2.75, 3.05) is 34.2 Å². The number of hydrogen-bond donors (Lipinski definition) is 2. The number of halogens is 1. The second kappa shape index (κ2) is 8.25. The van der Waals surface area contributed by atoms with Gasteiger partial charge in [-0.05, 0) is 37.2 Å². The van der Waals surface area contributed by atoms with Crippen LogP contribution in [-0.4, -0.2) is 45.1 Å². The second-order valence-electron chi connectivity index (χ2n) is 6.31. The molecular formula is C16H27ClN4. The van der Waals surface area contributed by atoms with E-state index >= 15 is 0 Å². The first-order valence-electron chi connectivity index (χ1n) is 7.16. The Kier molecular flexibility index (Phi) is 6.99. The van der Waals surface area contributed by atoms with Gasteiger partial charge in [-0.1, -0.05) is 37.6 Å². The van der Waals surface area contributed by atoms with E-state index in [4.69, 9.17) is 11.6 Å². The van der Waals surface area contributed by atoms with Crippen LogP contribution >= 0.6 is 11.6 Å². The topological polar surface area (TPSA) is 39.7 Å². The Labute approximate surface area is 133 Å². The van der Waals surface area contributed by atoms with E-state index in [1.54, 1.807) is 7.05 Å². The van der Waals surface area contributed by atoms with Crippen LogP contribution in [0.15, 0.2) is 29.3 Å². The molecule has 1 aromatic carbocycles. The van der Waals surface area contributed by atoms with E-state index in [9.17, 15) is 0 Å². The average Bonchev–Trinajstić information content (AvgIpc) is 2.37. The summed E-state index contributed by atoms with van der Waals surface area (Å²) >= 11 is 5.99. The molecular weight excluding hydrogens is 284 g/mol. The van der Waals surface area contributed by atoms with Gasteiger partial charge >= 0.3 is 0 Å². The summed E-state index contributed by atoms with van der Waals surface area (Å²) < 4.78 is 0. The van der Waals surface area contributed by atoms with Crippen molar-refractivity contribution in [1.82, 2.24) is 15.5 Å². The predicted molar refractivity (Wildman–Crippen MR) is 92.0 cm³/mol. The lowest BCUT2D eigenvalue weighted by Gasteiger charge is -2.29. The number of aliphatic imine (C=N–C) groups is 1. The normalized spacial score (nSPS) is 12.6. The molecule has 0 amide bonds. The van der Waals surface area contributed by atoms with Crippen LogP contribution in [0.3, 0.4) is 0 Å². The van der Waals surface area contributed by atoms with E-state index in [2.05, 4.69) is 48.5 Å². The molecule has 0 bridgehead atoms. The highest BCUT2D eigenvalue weighted by Gasteiger charge is 2.19. The number of hydrogen-bond acceptors (Lipinski definition) is 2. The van der Waals surface area contributed by atoms with Gasteiger partial charge in [-0.2, -0.15) is 0 Å². The van der Waals surface area contributed by atoms with Gasteiger partial charge in [-0.15, -0.1) is 0 Å². The molecule has 0 unspecified atom stereocenters. The van der Waals surface area contributed by atoms with Crippen LogP contribution in [-0.2, 0) is 6.54 Å². The van der Waals surface area contributed by atoms with Crippen LogP contribution in [0.25, 0.3) is 0 Å². The molecule has 0 spiro atoms. The SMILES string of the molecule is CN=C(NCc1cccc(Cl)c1)NCC(C)(C)CN(C)C. The molecule has 0 fully saturated rings. The summed E-state index contributed by atoms with van der Waals surface area (Å²) in [5, 5.41) is 7.44. The quantitative estimate of drug-likeness (QED) is 0.627. The van der Waals surface area contributed by atoms with Gasteiger partial charge in [-0.3, -0.25) is 4.99 Å². The molecule has 0 heterocycles. The van der Waals surface area contributed by atoms with Gasteiger partial charge in [0.1, 0.15) is 0 Å². The molecule has 0 saturated carbocycles. The van der Waals surface area contributed by atoms with Crippen molar-refractivity contribution in [1.29, 1.82) is 0 Å². The highest BCUT2D eigenvalue weighted by Crippen LogP contribution is 2.14. The smallest absolute Gasteiger partial charge is 0.191 e. The maximum absolute atomic E-state index is 5.99. The van der Waals surface area contributed by atoms with Gasteiger partial charge in [0.15, 0.2) is 5.96 Å². The Hall–Kier alpha value is -1.26. The summed E-state index contributed by atoms with van der Waals surface area (Å²) in [6, 6.07) is 7.83. The van der Waals surface area contributed by atoms with Crippen LogP contribution in [0, 0.1) is 5.41 Å². The first-order chi connectivity index (χ1) is 9.82. The van der Waals surface area contributed by atoms with Gasteiger partial charge < -0.3 is 15.5 Å². The molecule has 0 aliphatic carbocycles. The van der Waals surface area contributed by atoms with Crippen LogP contribution < -0.4 is 10.6 Å². The summed E-state index contributed by atoms with van der Waals surface area (Å²) in [5.41, 5.74) is 1.31. The van der Waals surface area contributed by atoms with Crippen LogP contribution in [0.2, 0.25) is 5.02 Å². The maximum atomic E-state index is 5.99. The van der Waals surface area contributed by atoms with E-state index in [1.807, 2.05) is 24.3 Å². The molecule has 0 radical (unpaired) electrons. The first-order valence-corrected chi connectivity index (χ1v) is 7.54. The van der Waals surface area contributed by atoms with Gasteiger partial charge in [0.05, 0.1) is 0 Å². The molecule has 0 aliphatic rings. The van der Waals surface area contributed by atoms with Gasteiger partial charge in [0.25, 0.3) is 0 Å². The number of benzene rings is 1. The molecule has 1 rings (SSSR count). The zero-order chi connectivity index (χ0) is 15.9. The highest BCUT2D eigenvalue weighted by molar-refractivity contribution is 6.30. The molecule has 0 saturated heterocycles. The summed E-state index contributed by atoms with van der Waals surface area (Å²) in [5.74, 6) is 0.807. The van der Waals surface area contributed by atoms with Crippen LogP contribution in [0.1, 0.15) is 19.4 Å². The Morgan fingerprint density at radius 2 is 2.00 bits per heavy atom. The third kappa shape index (κ3) is 7.34. The summed E-state index contributed by atoms with van der Waals surface area (Å²) in [4.78, 5) is 6.45.